The smallest absolute Gasteiger partial charge is 0.0576 e. The number of benzene rings is 1. The van der Waals surface area contributed by atoms with Crippen molar-refractivity contribution in [3.8, 4) is 0 Å². The van der Waals surface area contributed by atoms with Gasteiger partial charge in [0.15, 0.2) is 0 Å². The van der Waals surface area contributed by atoms with Crippen LogP contribution in [0.2, 0.25) is 0 Å². The fourth-order valence-corrected chi connectivity index (χ4v) is 6.07. The van der Waals surface area contributed by atoms with Crippen molar-refractivity contribution in [1.82, 2.24) is 4.90 Å². The van der Waals surface area contributed by atoms with Gasteiger partial charge in [0.05, 0.1) is 11.4 Å². The molecule has 3 atom stereocenters. The Morgan fingerprint density at radius 2 is 1.26 bits per heavy atom. The van der Waals surface area contributed by atoms with E-state index >= 15 is 0 Å². The number of nitrogen functional groups attached to an aromatic ring is 1. The Hall–Kier alpha value is -1.22. The lowest BCUT2D eigenvalue weighted by Gasteiger charge is -2.53. The van der Waals surface area contributed by atoms with Crippen LogP contribution in [0.4, 0.5) is 11.4 Å². The minimum absolute atomic E-state index is 0.584. The minimum atomic E-state index is 0.584. The lowest BCUT2D eigenvalue weighted by atomic mass is 9.79. The Bertz CT molecular complexity index is 563. The van der Waals surface area contributed by atoms with E-state index in [0.29, 0.717) is 6.04 Å². The van der Waals surface area contributed by atoms with E-state index in [4.69, 9.17) is 5.73 Å². The Kier molecular flexibility index (Phi) is 6.60. The molecular weight excluding hydrogens is 330 g/mol. The largest absolute Gasteiger partial charge is 0.397 e. The van der Waals surface area contributed by atoms with Gasteiger partial charge in [0.1, 0.15) is 0 Å². The van der Waals surface area contributed by atoms with Gasteiger partial charge in [0.2, 0.25) is 0 Å². The lowest BCUT2D eigenvalue weighted by molar-refractivity contribution is -0.0102. The molecule has 2 saturated heterocycles. The molecule has 3 heteroatoms. The lowest BCUT2D eigenvalue weighted by Crippen LogP contribution is -2.58. The molecule has 2 bridgehead atoms. The predicted octanol–water partition coefficient (Wildman–Crippen LogP) is 5.96. The molecule has 3 nitrogen and oxygen atoms in total. The van der Waals surface area contributed by atoms with Gasteiger partial charge in [-0.1, -0.05) is 63.5 Å². The van der Waals surface area contributed by atoms with Crippen molar-refractivity contribution in [2.45, 2.75) is 114 Å². The van der Waals surface area contributed by atoms with Crippen LogP contribution in [0.3, 0.4) is 0 Å². The molecule has 2 heterocycles. The van der Waals surface area contributed by atoms with Crippen LogP contribution < -0.4 is 11.1 Å². The SMILES string of the molecule is Nc1ccccc1NC1C[C@H]2CCC[C@@H](C1)N2C1CCCCCCCCC1. The molecule has 0 aromatic heterocycles. The summed E-state index contributed by atoms with van der Waals surface area (Å²) in [6, 6.07) is 11.3. The van der Waals surface area contributed by atoms with Crippen molar-refractivity contribution < 1.29 is 0 Å². The molecule has 1 aromatic rings. The van der Waals surface area contributed by atoms with Crippen molar-refractivity contribution in [3.05, 3.63) is 24.3 Å². The van der Waals surface area contributed by atoms with E-state index in [0.717, 1.165) is 29.5 Å². The molecule has 2 aliphatic heterocycles. The van der Waals surface area contributed by atoms with Crippen LogP contribution in [-0.2, 0) is 0 Å². The van der Waals surface area contributed by atoms with Crippen molar-refractivity contribution >= 4 is 11.4 Å². The van der Waals surface area contributed by atoms with Crippen molar-refractivity contribution in [3.63, 3.8) is 0 Å². The fraction of sp³-hybridized carbons (Fsp3) is 0.750. The van der Waals surface area contributed by atoms with Gasteiger partial charge in [0, 0.05) is 24.2 Å². The van der Waals surface area contributed by atoms with Crippen LogP contribution in [-0.4, -0.2) is 29.1 Å². The highest BCUT2D eigenvalue weighted by Crippen LogP contribution is 2.39. The van der Waals surface area contributed by atoms with Gasteiger partial charge in [-0.3, -0.25) is 4.90 Å². The number of fused-ring (bicyclic) bond motifs is 2. The number of para-hydroxylation sites is 2. The number of nitrogens with two attached hydrogens (primary N) is 1. The van der Waals surface area contributed by atoms with Gasteiger partial charge in [-0.25, -0.2) is 0 Å². The third kappa shape index (κ3) is 4.80. The Balaban J connectivity index is 1.42. The molecule has 1 saturated carbocycles. The summed E-state index contributed by atoms with van der Waals surface area (Å²) in [4.78, 5) is 3.01. The highest BCUT2D eigenvalue weighted by atomic mass is 15.2. The highest BCUT2D eigenvalue weighted by Gasteiger charge is 2.41. The molecule has 0 spiro atoms. The molecule has 1 aromatic carbocycles. The van der Waals surface area contributed by atoms with Gasteiger partial charge in [-0.2, -0.15) is 0 Å². The highest BCUT2D eigenvalue weighted by molar-refractivity contribution is 5.66. The topological polar surface area (TPSA) is 41.3 Å². The van der Waals surface area contributed by atoms with Crippen LogP contribution in [0.15, 0.2) is 24.3 Å². The number of piperidine rings is 2. The van der Waals surface area contributed by atoms with Gasteiger partial charge < -0.3 is 11.1 Å². The summed E-state index contributed by atoms with van der Waals surface area (Å²) >= 11 is 0. The second-order valence-electron chi connectivity index (χ2n) is 9.29. The average Bonchev–Trinajstić information content (AvgIpc) is 2.67. The molecule has 4 rings (SSSR count). The van der Waals surface area contributed by atoms with E-state index in [1.807, 2.05) is 12.1 Å². The number of nitrogens with zero attached hydrogens (tertiary/aromatic N) is 1. The second kappa shape index (κ2) is 9.32. The third-order valence-corrected chi connectivity index (χ3v) is 7.35. The maximum Gasteiger partial charge on any atom is 0.0576 e. The van der Waals surface area contributed by atoms with E-state index in [-0.39, 0.29) is 0 Å². The van der Waals surface area contributed by atoms with Crippen LogP contribution >= 0.6 is 0 Å². The molecule has 150 valence electrons. The van der Waals surface area contributed by atoms with Crippen molar-refractivity contribution in [1.29, 1.82) is 0 Å². The summed E-state index contributed by atoms with van der Waals surface area (Å²) < 4.78 is 0. The van der Waals surface area contributed by atoms with Crippen LogP contribution in [0, 0.1) is 0 Å². The first kappa shape index (κ1) is 19.1. The van der Waals surface area contributed by atoms with Crippen molar-refractivity contribution in [2.24, 2.45) is 0 Å². The minimum Gasteiger partial charge on any atom is -0.397 e. The zero-order valence-corrected chi connectivity index (χ0v) is 17.0. The summed E-state index contributed by atoms with van der Waals surface area (Å²) in [5.41, 5.74) is 8.20. The number of hydrogen-bond acceptors (Lipinski definition) is 3. The summed E-state index contributed by atoms with van der Waals surface area (Å²) in [6.45, 7) is 0. The summed E-state index contributed by atoms with van der Waals surface area (Å²) in [5, 5.41) is 3.79. The van der Waals surface area contributed by atoms with Crippen LogP contribution in [0.25, 0.3) is 0 Å². The zero-order chi connectivity index (χ0) is 18.5. The fourth-order valence-electron chi connectivity index (χ4n) is 6.07. The molecule has 0 amide bonds. The molecule has 0 radical (unpaired) electrons. The monoisotopic (exact) mass is 369 g/mol. The molecule has 1 aliphatic carbocycles. The van der Waals surface area contributed by atoms with Gasteiger partial charge in [0.25, 0.3) is 0 Å². The number of rotatable bonds is 3. The maximum atomic E-state index is 6.18. The molecule has 3 fully saturated rings. The summed E-state index contributed by atoms with van der Waals surface area (Å²) in [5.74, 6) is 0. The van der Waals surface area contributed by atoms with E-state index < -0.39 is 0 Å². The summed E-state index contributed by atoms with van der Waals surface area (Å²) in [6.07, 6.45) is 19.9. The molecule has 3 N–H and O–H groups in total. The molecule has 27 heavy (non-hydrogen) atoms. The first-order valence-electron chi connectivity index (χ1n) is 11.7. The van der Waals surface area contributed by atoms with E-state index in [1.165, 1.54) is 89.9 Å². The van der Waals surface area contributed by atoms with Gasteiger partial charge >= 0.3 is 0 Å². The zero-order valence-electron chi connectivity index (χ0n) is 17.0. The quantitative estimate of drug-likeness (QED) is 0.646. The summed E-state index contributed by atoms with van der Waals surface area (Å²) in [7, 11) is 0. The first-order valence-corrected chi connectivity index (χ1v) is 11.7. The van der Waals surface area contributed by atoms with Gasteiger partial charge in [-0.05, 0) is 50.7 Å². The molecule has 3 aliphatic rings. The number of nitrogens with one attached hydrogen (secondary N) is 1. The van der Waals surface area contributed by atoms with Crippen LogP contribution in [0.1, 0.15) is 89.9 Å². The Morgan fingerprint density at radius 1 is 0.704 bits per heavy atom. The second-order valence-corrected chi connectivity index (χ2v) is 9.29. The Labute approximate surface area is 166 Å². The average molecular weight is 370 g/mol. The maximum absolute atomic E-state index is 6.18. The van der Waals surface area contributed by atoms with E-state index in [9.17, 15) is 0 Å². The normalized spacial score (nSPS) is 31.3. The van der Waals surface area contributed by atoms with Gasteiger partial charge in [-0.15, -0.1) is 0 Å². The number of anilines is 2. The first-order chi connectivity index (χ1) is 13.3. The number of hydrogen-bond donors (Lipinski definition) is 2. The van der Waals surface area contributed by atoms with E-state index in [2.05, 4.69) is 22.3 Å². The predicted molar refractivity (Wildman–Crippen MR) is 116 cm³/mol. The standard InChI is InChI=1S/C24H39N3/c25-23-15-8-9-16-24(23)26-19-17-21-13-10-14-22(18-19)27(21)20-11-6-4-2-1-3-5-7-12-20/h8-9,15-16,19-22,26H,1-7,10-14,17-18,25H2/t19?,21-,22+. The third-order valence-electron chi connectivity index (χ3n) is 7.35. The molecule has 1 unspecified atom stereocenters. The molecular formula is C24H39N3. The Morgan fingerprint density at radius 3 is 1.89 bits per heavy atom. The van der Waals surface area contributed by atoms with E-state index in [1.54, 1.807) is 0 Å². The van der Waals surface area contributed by atoms with Crippen molar-refractivity contribution in [2.75, 3.05) is 11.1 Å². The van der Waals surface area contributed by atoms with Crippen LogP contribution in [0.5, 0.6) is 0 Å².